The van der Waals surface area contributed by atoms with E-state index in [-0.39, 0.29) is 6.61 Å². The Morgan fingerprint density at radius 1 is 0.867 bits per heavy atom. The molecule has 5 heteroatoms. The number of rotatable bonds is 20. The topological polar surface area (TPSA) is 79.2 Å². The van der Waals surface area contributed by atoms with Crippen molar-refractivity contribution in [1.82, 2.24) is 0 Å². The molecule has 1 rings (SSSR count). The molecule has 0 aliphatic carbocycles. The lowest BCUT2D eigenvalue weighted by molar-refractivity contribution is -0.0730. The summed E-state index contributed by atoms with van der Waals surface area (Å²) in [5.74, 6) is 0. The first-order chi connectivity index (χ1) is 14.7. The summed E-state index contributed by atoms with van der Waals surface area (Å²) in [6.45, 7) is 2.72. The van der Waals surface area contributed by atoms with Gasteiger partial charge in [-0.25, -0.2) is 0 Å². The molecule has 0 spiro atoms. The minimum atomic E-state index is -1.05. The minimum Gasteiger partial charge on any atom is -0.394 e. The van der Waals surface area contributed by atoms with Crippen molar-refractivity contribution in [2.24, 2.45) is 0 Å². The zero-order chi connectivity index (χ0) is 21.9. The fourth-order valence-corrected chi connectivity index (χ4v) is 3.95. The monoisotopic (exact) mass is 428 g/mol. The minimum absolute atomic E-state index is 0.276. The summed E-state index contributed by atoms with van der Waals surface area (Å²) in [5.41, 5.74) is 0. The Hall–Kier alpha value is -0.460. The van der Waals surface area contributed by atoms with E-state index in [1.54, 1.807) is 0 Å². The average Bonchev–Trinajstić information content (AvgIpc) is 3.12. The highest BCUT2D eigenvalue weighted by atomic mass is 16.6. The van der Waals surface area contributed by atoms with Crippen LogP contribution in [0.15, 0.2) is 12.2 Å². The molecule has 1 aliphatic heterocycles. The average molecular weight is 429 g/mol. The molecule has 0 aromatic rings. The molecule has 4 atom stereocenters. The predicted octanol–water partition coefficient (Wildman–Crippen LogP) is 4.91. The molecule has 0 aromatic carbocycles. The normalized spacial score (nSPS) is 22.9. The number of aliphatic hydroxyl groups is 3. The van der Waals surface area contributed by atoms with Gasteiger partial charge in [-0.3, -0.25) is 0 Å². The zero-order valence-corrected chi connectivity index (χ0v) is 19.4. The van der Waals surface area contributed by atoms with Gasteiger partial charge in [0.2, 0.25) is 0 Å². The van der Waals surface area contributed by atoms with Crippen molar-refractivity contribution >= 4 is 0 Å². The van der Waals surface area contributed by atoms with Crippen molar-refractivity contribution < 1.29 is 24.8 Å². The van der Waals surface area contributed by atoms with E-state index >= 15 is 0 Å². The molecule has 1 fully saturated rings. The summed E-state index contributed by atoms with van der Waals surface area (Å²) < 4.78 is 11.0. The van der Waals surface area contributed by atoms with Gasteiger partial charge in [-0.05, 0) is 25.7 Å². The van der Waals surface area contributed by atoms with Gasteiger partial charge >= 0.3 is 0 Å². The van der Waals surface area contributed by atoms with Crippen LogP contribution in [-0.4, -0.2) is 59.6 Å². The quantitative estimate of drug-likeness (QED) is 0.190. The predicted molar refractivity (Wildman–Crippen MR) is 123 cm³/mol. The second-order valence-corrected chi connectivity index (χ2v) is 8.74. The van der Waals surface area contributed by atoms with Crippen LogP contribution in [0.4, 0.5) is 0 Å². The molecule has 30 heavy (non-hydrogen) atoms. The molecular weight excluding hydrogens is 380 g/mol. The van der Waals surface area contributed by atoms with Gasteiger partial charge in [0.05, 0.1) is 13.2 Å². The smallest absolute Gasteiger partial charge is 0.114 e. The third kappa shape index (κ3) is 13.1. The Labute approximate surface area is 184 Å². The van der Waals surface area contributed by atoms with E-state index in [2.05, 4.69) is 19.1 Å². The van der Waals surface area contributed by atoms with Gasteiger partial charge in [0.1, 0.15) is 24.4 Å². The van der Waals surface area contributed by atoms with Crippen LogP contribution >= 0.6 is 0 Å². The Morgan fingerprint density at radius 3 is 1.97 bits per heavy atom. The van der Waals surface area contributed by atoms with Crippen LogP contribution in [0.2, 0.25) is 0 Å². The van der Waals surface area contributed by atoms with Crippen molar-refractivity contribution in [2.75, 3.05) is 19.8 Å². The van der Waals surface area contributed by atoms with E-state index < -0.39 is 31.0 Å². The third-order valence-corrected chi connectivity index (χ3v) is 5.97. The molecule has 0 amide bonds. The van der Waals surface area contributed by atoms with Crippen molar-refractivity contribution in [3.05, 3.63) is 12.2 Å². The third-order valence-electron chi connectivity index (χ3n) is 5.97. The van der Waals surface area contributed by atoms with Crippen LogP contribution in [0.25, 0.3) is 0 Å². The SMILES string of the molecule is CCCC/C=C/CCCCCCCCCCCCCO[C@H]1CO[C@@H]([C@H](O)CO)[C@H]1O. The van der Waals surface area contributed by atoms with E-state index in [0.717, 1.165) is 12.8 Å². The molecule has 0 bridgehead atoms. The van der Waals surface area contributed by atoms with Crippen molar-refractivity contribution in [1.29, 1.82) is 0 Å². The van der Waals surface area contributed by atoms with Crippen LogP contribution in [-0.2, 0) is 9.47 Å². The van der Waals surface area contributed by atoms with Gasteiger partial charge in [-0.1, -0.05) is 89.7 Å². The first-order valence-corrected chi connectivity index (χ1v) is 12.6. The summed E-state index contributed by atoms with van der Waals surface area (Å²) in [6, 6.07) is 0. The number of unbranched alkanes of at least 4 members (excludes halogenated alkanes) is 13. The van der Waals surface area contributed by atoms with Crippen molar-refractivity contribution in [3.8, 4) is 0 Å². The van der Waals surface area contributed by atoms with Crippen LogP contribution in [0.1, 0.15) is 103 Å². The summed E-state index contributed by atoms with van der Waals surface area (Å²) in [4.78, 5) is 0. The number of aliphatic hydroxyl groups excluding tert-OH is 3. The van der Waals surface area contributed by atoms with Crippen LogP contribution in [0, 0.1) is 0 Å². The lowest BCUT2D eigenvalue weighted by Gasteiger charge is -2.20. The Balaban J connectivity index is 1.79. The first-order valence-electron chi connectivity index (χ1n) is 12.6. The Kier molecular flexibility index (Phi) is 17.7. The molecule has 1 aliphatic rings. The van der Waals surface area contributed by atoms with Crippen LogP contribution in [0.5, 0.6) is 0 Å². The van der Waals surface area contributed by atoms with Crippen LogP contribution < -0.4 is 0 Å². The van der Waals surface area contributed by atoms with E-state index in [4.69, 9.17) is 14.6 Å². The van der Waals surface area contributed by atoms with Crippen molar-refractivity contribution in [2.45, 2.75) is 128 Å². The number of hydrogen-bond donors (Lipinski definition) is 3. The van der Waals surface area contributed by atoms with Gasteiger partial charge in [-0.15, -0.1) is 0 Å². The van der Waals surface area contributed by atoms with E-state index in [1.165, 1.54) is 83.5 Å². The summed E-state index contributed by atoms with van der Waals surface area (Å²) in [6.07, 6.45) is 21.0. The molecule has 0 aromatic heterocycles. The second kappa shape index (κ2) is 19.2. The number of allylic oxidation sites excluding steroid dienone is 2. The maximum Gasteiger partial charge on any atom is 0.114 e. The zero-order valence-electron chi connectivity index (χ0n) is 19.4. The fraction of sp³-hybridized carbons (Fsp3) is 0.920. The molecule has 0 saturated carbocycles. The maximum absolute atomic E-state index is 10.1. The second-order valence-electron chi connectivity index (χ2n) is 8.74. The van der Waals surface area contributed by atoms with Crippen LogP contribution in [0.3, 0.4) is 0 Å². The molecule has 3 N–H and O–H groups in total. The standard InChI is InChI=1S/C25H48O5/c1-2-3-4-5-6-7-8-9-10-11-12-13-14-15-16-17-18-19-29-23-21-30-25(24(23)28)22(27)20-26/h5-6,22-28H,2-4,7-21H2,1H3/b6-5+/t22-,23+,24+,25+/m1/s1. The molecule has 178 valence electrons. The maximum atomic E-state index is 10.1. The fourth-order valence-electron chi connectivity index (χ4n) is 3.95. The van der Waals surface area contributed by atoms with Crippen molar-refractivity contribution in [3.63, 3.8) is 0 Å². The Morgan fingerprint density at radius 2 is 1.40 bits per heavy atom. The number of hydrogen-bond acceptors (Lipinski definition) is 5. The molecule has 0 unspecified atom stereocenters. The Bertz CT molecular complexity index is 401. The molecule has 1 saturated heterocycles. The van der Waals surface area contributed by atoms with Gasteiger partial charge in [0.25, 0.3) is 0 Å². The van der Waals surface area contributed by atoms with E-state index in [1.807, 2.05) is 0 Å². The highest BCUT2D eigenvalue weighted by molar-refractivity contribution is 4.88. The molecular formula is C25H48O5. The summed E-state index contributed by atoms with van der Waals surface area (Å²) in [5, 5.41) is 28.6. The molecule has 1 heterocycles. The van der Waals surface area contributed by atoms with Gasteiger partial charge < -0.3 is 24.8 Å². The summed E-state index contributed by atoms with van der Waals surface area (Å²) in [7, 11) is 0. The summed E-state index contributed by atoms with van der Waals surface area (Å²) >= 11 is 0. The first kappa shape index (κ1) is 27.6. The largest absolute Gasteiger partial charge is 0.394 e. The highest BCUT2D eigenvalue weighted by Gasteiger charge is 2.40. The van der Waals surface area contributed by atoms with Gasteiger partial charge in [-0.2, -0.15) is 0 Å². The highest BCUT2D eigenvalue weighted by Crippen LogP contribution is 2.20. The lowest BCUT2D eigenvalue weighted by Crippen LogP contribution is -2.41. The molecule has 0 radical (unpaired) electrons. The van der Waals surface area contributed by atoms with Gasteiger partial charge in [0, 0.05) is 6.61 Å². The van der Waals surface area contributed by atoms with E-state index in [0.29, 0.717) is 6.61 Å². The lowest BCUT2D eigenvalue weighted by atomic mass is 10.0. The molecule has 5 nitrogen and oxygen atoms in total. The van der Waals surface area contributed by atoms with E-state index in [9.17, 15) is 10.2 Å². The van der Waals surface area contributed by atoms with Gasteiger partial charge in [0.15, 0.2) is 0 Å². The number of ether oxygens (including phenoxy) is 2.